The van der Waals surface area contributed by atoms with Gasteiger partial charge in [-0.25, -0.2) is 0 Å². The van der Waals surface area contributed by atoms with Gasteiger partial charge in [0.25, 0.3) is 11.6 Å². The molecule has 0 aliphatic rings. The first-order chi connectivity index (χ1) is 9.79. The average molecular weight is 294 g/mol. The molecule has 1 aromatic rings. The lowest BCUT2D eigenvalue weighted by Gasteiger charge is -2.26. The van der Waals surface area contributed by atoms with Crippen LogP contribution < -0.4 is 0 Å². The summed E-state index contributed by atoms with van der Waals surface area (Å²) in [5.41, 5.74) is 0.223. The Morgan fingerprint density at radius 3 is 2.48 bits per heavy atom. The Morgan fingerprint density at radius 2 is 2.00 bits per heavy atom. The van der Waals surface area contributed by atoms with Gasteiger partial charge >= 0.3 is 5.97 Å². The molecule has 1 rings (SSSR count). The summed E-state index contributed by atoms with van der Waals surface area (Å²) in [4.78, 5) is 35.8. The molecular formula is C14H18N2O5. The van der Waals surface area contributed by atoms with Crippen LogP contribution in [-0.2, 0) is 9.53 Å². The van der Waals surface area contributed by atoms with Crippen molar-refractivity contribution in [2.45, 2.75) is 26.8 Å². The van der Waals surface area contributed by atoms with Gasteiger partial charge in [0, 0.05) is 12.1 Å². The molecule has 0 radical (unpaired) electrons. The lowest BCUT2D eigenvalue weighted by atomic mass is 10.0. The van der Waals surface area contributed by atoms with Crippen molar-refractivity contribution in [1.29, 1.82) is 0 Å². The molecule has 7 nitrogen and oxygen atoms in total. The van der Waals surface area contributed by atoms with Crippen molar-refractivity contribution in [1.82, 2.24) is 4.90 Å². The highest BCUT2D eigenvalue weighted by Crippen LogP contribution is 2.24. The first-order valence-electron chi connectivity index (χ1n) is 6.41. The molecule has 0 bridgehead atoms. The van der Waals surface area contributed by atoms with Gasteiger partial charge < -0.3 is 9.64 Å². The van der Waals surface area contributed by atoms with E-state index >= 15 is 0 Å². The molecule has 0 aromatic heterocycles. The van der Waals surface area contributed by atoms with E-state index in [1.807, 2.05) is 0 Å². The number of ether oxygens (including phenoxy) is 1. The van der Waals surface area contributed by atoms with E-state index in [0.29, 0.717) is 5.56 Å². The van der Waals surface area contributed by atoms with Crippen molar-refractivity contribution >= 4 is 17.6 Å². The summed E-state index contributed by atoms with van der Waals surface area (Å²) in [6.45, 7) is 4.82. The molecule has 0 heterocycles. The zero-order valence-electron chi connectivity index (χ0n) is 12.5. The van der Waals surface area contributed by atoms with Crippen molar-refractivity contribution < 1.29 is 19.2 Å². The largest absolute Gasteiger partial charge is 0.468 e. The highest BCUT2D eigenvalue weighted by molar-refractivity contribution is 6.01. The van der Waals surface area contributed by atoms with Crippen molar-refractivity contribution in [3.63, 3.8) is 0 Å². The average Bonchev–Trinajstić information content (AvgIpc) is 2.42. The molecule has 0 aliphatic heterocycles. The number of carbonyl (C=O) groups excluding carboxylic acids is 2. The quantitative estimate of drug-likeness (QED) is 0.470. The number of nitro groups is 1. The molecule has 7 heteroatoms. The van der Waals surface area contributed by atoms with E-state index in [-0.39, 0.29) is 23.8 Å². The Balaban J connectivity index is 3.27. The summed E-state index contributed by atoms with van der Waals surface area (Å²) in [7, 11) is 1.22. The second-order valence-corrected chi connectivity index (χ2v) is 4.83. The molecule has 0 saturated heterocycles. The van der Waals surface area contributed by atoms with Crippen LogP contribution in [-0.4, -0.2) is 41.4 Å². The third-order valence-corrected chi connectivity index (χ3v) is 3.07. The van der Waals surface area contributed by atoms with Gasteiger partial charge in [-0.3, -0.25) is 19.7 Å². The molecule has 0 fully saturated rings. The normalized spacial score (nSPS) is 10.3. The van der Waals surface area contributed by atoms with Gasteiger partial charge in [-0.1, -0.05) is 12.1 Å². The number of carbonyl (C=O) groups is 2. The Bertz CT molecular complexity index is 568. The maximum absolute atomic E-state index is 12.6. The Morgan fingerprint density at radius 1 is 1.38 bits per heavy atom. The van der Waals surface area contributed by atoms with Crippen molar-refractivity contribution in [3.8, 4) is 0 Å². The van der Waals surface area contributed by atoms with Gasteiger partial charge in [-0.2, -0.15) is 0 Å². The number of nitrogens with zero attached hydrogens (tertiary/aromatic N) is 2. The van der Waals surface area contributed by atoms with Crippen LogP contribution in [0.2, 0.25) is 0 Å². The number of methoxy groups -OCH3 is 1. The number of rotatable bonds is 5. The Kier molecular flexibility index (Phi) is 5.40. The molecular weight excluding hydrogens is 276 g/mol. The number of amides is 1. The summed E-state index contributed by atoms with van der Waals surface area (Å²) in [5.74, 6) is -1.13. The molecule has 0 unspecified atom stereocenters. The summed E-state index contributed by atoms with van der Waals surface area (Å²) >= 11 is 0. The van der Waals surface area contributed by atoms with Crippen LogP contribution in [0, 0.1) is 17.0 Å². The van der Waals surface area contributed by atoms with Crippen LogP contribution in [0.4, 0.5) is 5.69 Å². The van der Waals surface area contributed by atoms with Gasteiger partial charge in [0.1, 0.15) is 12.1 Å². The van der Waals surface area contributed by atoms with Crippen LogP contribution in [0.15, 0.2) is 18.2 Å². The monoisotopic (exact) mass is 294 g/mol. The molecule has 0 N–H and O–H groups in total. The van der Waals surface area contributed by atoms with Gasteiger partial charge in [-0.15, -0.1) is 0 Å². The zero-order chi connectivity index (χ0) is 16.2. The molecule has 0 spiro atoms. The fourth-order valence-corrected chi connectivity index (χ4v) is 1.92. The minimum atomic E-state index is -0.600. The van der Waals surface area contributed by atoms with Crippen LogP contribution in [0.3, 0.4) is 0 Å². The first-order valence-corrected chi connectivity index (χ1v) is 6.41. The second kappa shape index (κ2) is 6.83. The number of esters is 1. The molecule has 0 atom stereocenters. The topological polar surface area (TPSA) is 89.8 Å². The molecule has 114 valence electrons. The Hall–Kier alpha value is -2.44. The van der Waals surface area contributed by atoms with Crippen LogP contribution in [0.5, 0.6) is 0 Å². The van der Waals surface area contributed by atoms with Crippen LogP contribution in [0.25, 0.3) is 0 Å². The highest BCUT2D eigenvalue weighted by atomic mass is 16.6. The van der Waals surface area contributed by atoms with E-state index in [4.69, 9.17) is 0 Å². The van der Waals surface area contributed by atoms with Gasteiger partial charge in [0.15, 0.2) is 0 Å². The third kappa shape index (κ3) is 3.77. The minimum absolute atomic E-state index is 0.0000954. The molecule has 1 aromatic carbocycles. The van der Waals surface area contributed by atoms with E-state index in [1.54, 1.807) is 26.8 Å². The predicted molar refractivity (Wildman–Crippen MR) is 76.0 cm³/mol. The lowest BCUT2D eigenvalue weighted by Crippen LogP contribution is -2.41. The molecule has 0 aliphatic carbocycles. The standard InChI is InChI=1S/C14H18N2O5/c1-9(2)15(8-12(17)21-4)14(18)13-10(3)6-5-7-11(13)16(19)20/h5-7,9H,8H2,1-4H3. The SMILES string of the molecule is COC(=O)CN(C(=O)c1c(C)cccc1[N+](=O)[O-])C(C)C. The third-order valence-electron chi connectivity index (χ3n) is 3.07. The number of hydrogen-bond donors (Lipinski definition) is 0. The van der Waals surface area contributed by atoms with Crippen molar-refractivity contribution in [2.75, 3.05) is 13.7 Å². The van der Waals surface area contributed by atoms with Gasteiger partial charge in [0.05, 0.1) is 12.0 Å². The smallest absolute Gasteiger partial charge is 0.325 e. The number of aryl methyl sites for hydroxylation is 1. The number of nitro benzene ring substituents is 1. The van der Waals surface area contributed by atoms with Gasteiger partial charge in [-0.05, 0) is 26.3 Å². The van der Waals surface area contributed by atoms with Crippen LogP contribution in [0.1, 0.15) is 29.8 Å². The zero-order valence-corrected chi connectivity index (χ0v) is 12.5. The lowest BCUT2D eigenvalue weighted by molar-refractivity contribution is -0.385. The first kappa shape index (κ1) is 16.6. The van der Waals surface area contributed by atoms with E-state index in [0.717, 1.165) is 0 Å². The summed E-state index contributed by atoms with van der Waals surface area (Å²) < 4.78 is 4.56. The summed E-state index contributed by atoms with van der Waals surface area (Å²) in [6, 6.07) is 4.12. The van der Waals surface area contributed by atoms with Crippen LogP contribution >= 0.6 is 0 Å². The number of hydrogen-bond acceptors (Lipinski definition) is 5. The second-order valence-electron chi connectivity index (χ2n) is 4.83. The van der Waals surface area contributed by atoms with E-state index < -0.39 is 16.8 Å². The van der Waals surface area contributed by atoms with Gasteiger partial charge in [0.2, 0.25) is 0 Å². The van der Waals surface area contributed by atoms with E-state index in [2.05, 4.69) is 4.74 Å². The maximum atomic E-state index is 12.6. The molecule has 0 saturated carbocycles. The number of benzene rings is 1. The van der Waals surface area contributed by atoms with E-state index in [1.165, 1.54) is 24.1 Å². The Labute approximate surface area is 122 Å². The summed E-state index contributed by atoms with van der Waals surface area (Å²) in [5, 5.41) is 11.1. The summed E-state index contributed by atoms with van der Waals surface area (Å²) in [6.07, 6.45) is 0. The fraction of sp³-hybridized carbons (Fsp3) is 0.429. The maximum Gasteiger partial charge on any atom is 0.325 e. The highest BCUT2D eigenvalue weighted by Gasteiger charge is 2.29. The fourth-order valence-electron chi connectivity index (χ4n) is 1.92. The molecule has 1 amide bonds. The predicted octanol–water partition coefficient (Wildman–Crippen LogP) is 1.93. The minimum Gasteiger partial charge on any atom is -0.468 e. The van der Waals surface area contributed by atoms with Crippen molar-refractivity contribution in [3.05, 3.63) is 39.4 Å². The molecule has 21 heavy (non-hydrogen) atoms. The van der Waals surface area contributed by atoms with Crippen molar-refractivity contribution in [2.24, 2.45) is 0 Å². The van der Waals surface area contributed by atoms with E-state index in [9.17, 15) is 19.7 Å².